The molecule has 2 unspecified atom stereocenters. The lowest BCUT2D eigenvalue weighted by Crippen LogP contribution is -2.50. The lowest BCUT2D eigenvalue weighted by atomic mass is 10.0. The van der Waals surface area contributed by atoms with Crippen molar-refractivity contribution in [1.29, 1.82) is 0 Å². The van der Waals surface area contributed by atoms with Gasteiger partial charge in [0.25, 0.3) is 0 Å². The van der Waals surface area contributed by atoms with Gasteiger partial charge in [-0.2, -0.15) is 0 Å². The number of benzene rings is 3. The summed E-state index contributed by atoms with van der Waals surface area (Å²) in [6, 6.07) is 29.1. The first-order valence-electron chi connectivity index (χ1n) is 10.9. The van der Waals surface area contributed by atoms with Crippen LogP contribution in [0.5, 0.6) is 0 Å². The molecule has 0 radical (unpaired) electrons. The highest BCUT2D eigenvalue weighted by Gasteiger charge is 2.22. The quantitative estimate of drug-likeness (QED) is 0.456. The van der Waals surface area contributed by atoms with Gasteiger partial charge in [0.1, 0.15) is 6.61 Å². The molecule has 0 aromatic heterocycles. The Morgan fingerprint density at radius 2 is 1.25 bits per heavy atom. The Bertz CT molecular complexity index is 962. The Morgan fingerprint density at radius 1 is 0.750 bits per heavy atom. The number of esters is 1. The van der Waals surface area contributed by atoms with Crippen LogP contribution in [0.2, 0.25) is 0 Å². The number of nitrogens with one attached hydrogen (secondary N) is 2. The fraction of sp³-hybridized carbons (Fsp3) is 0.259. The molecule has 166 valence electrons. The molecule has 2 N–H and O–H groups in total. The Hall–Kier alpha value is -3.44. The molecule has 0 aliphatic carbocycles. The van der Waals surface area contributed by atoms with Gasteiger partial charge in [-0.05, 0) is 29.5 Å². The number of hydrogen-bond acceptors (Lipinski definition) is 4. The van der Waals surface area contributed by atoms with E-state index in [9.17, 15) is 9.59 Å². The molecule has 0 saturated carbocycles. The Morgan fingerprint density at radius 3 is 1.78 bits per heavy atom. The highest BCUT2D eigenvalue weighted by Crippen LogP contribution is 2.08. The minimum Gasteiger partial charge on any atom is -0.464 e. The summed E-state index contributed by atoms with van der Waals surface area (Å²) in [7, 11) is 0. The van der Waals surface area contributed by atoms with Gasteiger partial charge >= 0.3 is 5.97 Å². The molecule has 32 heavy (non-hydrogen) atoms. The number of carbonyl (C=O) groups excluding carboxylic acids is 2. The predicted molar refractivity (Wildman–Crippen MR) is 126 cm³/mol. The van der Waals surface area contributed by atoms with Crippen LogP contribution in [-0.2, 0) is 33.7 Å². The van der Waals surface area contributed by atoms with E-state index in [1.54, 1.807) is 0 Å². The second-order valence-electron chi connectivity index (χ2n) is 7.81. The number of ether oxygens (including phenoxy) is 1. The first kappa shape index (κ1) is 23.2. The van der Waals surface area contributed by atoms with Crippen LogP contribution in [0.25, 0.3) is 0 Å². The predicted octanol–water partition coefficient (Wildman–Crippen LogP) is 3.68. The fourth-order valence-corrected chi connectivity index (χ4v) is 3.51. The van der Waals surface area contributed by atoms with Crippen LogP contribution in [0.15, 0.2) is 91.0 Å². The van der Waals surface area contributed by atoms with E-state index in [2.05, 4.69) is 10.6 Å². The molecule has 3 aromatic carbocycles. The van der Waals surface area contributed by atoms with E-state index < -0.39 is 6.04 Å². The highest BCUT2D eigenvalue weighted by molar-refractivity contribution is 5.82. The van der Waals surface area contributed by atoms with Crippen LogP contribution in [0.1, 0.15) is 23.6 Å². The highest BCUT2D eigenvalue weighted by atomic mass is 16.5. The second-order valence-corrected chi connectivity index (χ2v) is 7.81. The van der Waals surface area contributed by atoms with Crippen LogP contribution in [0.4, 0.5) is 0 Å². The van der Waals surface area contributed by atoms with Gasteiger partial charge in [0.2, 0.25) is 5.91 Å². The third kappa shape index (κ3) is 8.00. The molecule has 0 aliphatic rings. The Labute approximate surface area is 189 Å². The van der Waals surface area contributed by atoms with Crippen molar-refractivity contribution >= 4 is 11.9 Å². The summed E-state index contributed by atoms with van der Waals surface area (Å²) >= 11 is 0. The average molecular weight is 431 g/mol. The van der Waals surface area contributed by atoms with Crippen LogP contribution >= 0.6 is 0 Å². The monoisotopic (exact) mass is 430 g/mol. The maximum atomic E-state index is 13.3. The number of hydrogen-bond donors (Lipinski definition) is 2. The van der Waals surface area contributed by atoms with Crippen molar-refractivity contribution < 1.29 is 14.3 Å². The van der Waals surface area contributed by atoms with Gasteiger partial charge in [-0.15, -0.1) is 0 Å². The van der Waals surface area contributed by atoms with Gasteiger partial charge < -0.3 is 15.4 Å². The molecule has 5 heteroatoms. The molecular formula is C27H30N2O3. The smallest absolute Gasteiger partial charge is 0.302 e. The van der Waals surface area contributed by atoms with E-state index >= 15 is 0 Å². The molecule has 3 rings (SSSR count). The Kier molecular flexibility index (Phi) is 9.02. The van der Waals surface area contributed by atoms with E-state index in [1.165, 1.54) is 6.92 Å². The van der Waals surface area contributed by atoms with Crippen LogP contribution < -0.4 is 10.6 Å². The molecule has 3 aromatic rings. The molecule has 0 spiro atoms. The molecule has 2 atom stereocenters. The van der Waals surface area contributed by atoms with E-state index in [0.717, 1.165) is 16.7 Å². The summed E-state index contributed by atoms with van der Waals surface area (Å²) < 4.78 is 5.23. The van der Waals surface area contributed by atoms with E-state index in [-0.39, 0.29) is 24.5 Å². The zero-order chi connectivity index (χ0) is 22.6. The lowest BCUT2D eigenvalue weighted by molar-refractivity contribution is -0.142. The lowest BCUT2D eigenvalue weighted by Gasteiger charge is -2.24. The third-order valence-electron chi connectivity index (χ3n) is 5.15. The summed E-state index contributed by atoms with van der Waals surface area (Å²) in [5.74, 6) is -0.474. The normalized spacial score (nSPS) is 12.5. The van der Waals surface area contributed by atoms with Gasteiger partial charge in [-0.25, -0.2) is 0 Å². The Balaban J connectivity index is 1.71. The molecule has 0 saturated heterocycles. The van der Waals surface area contributed by atoms with E-state index in [0.29, 0.717) is 19.4 Å². The summed E-state index contributed by atoms with van der Waals surface area (Å²) in [5, 5.41) is 6.50. The molecule has 0 heterocycles. The van der Waals surface area contributed by atoms with Crippen molar-refractivity contribution in [3.63, 3.8) is 0 Å². The summed E-state index contributed by atoms with van der Waals surface area (Å²) in [6.07, 6.45) is 1.14. The van der Waals surface area contributed by atoms with Crippen LogP contribution in [0, 0.1) is 0 Å². The summed E-state index contributed by atoms with van der Waals surface area (Å²) in [4.78, 5) is 24.7. The molecule has 0 aliphatic heterocycles. The molecular weight excluding hydrogens is 400 g/mol. The van der Waals surface area contributed by atoms with Crippen molar-refractivity contribution in [3.8, 4) is 0 Å². The van der Waals surface area contributed by atoms with Crippen molar-refractivity contribution in [3.05, 3.63) is 108 Å². The standard InChI is InChI=1S/C27H30N2O3/c1-21(30)32-20-25(17-22-11-5-2-6-12-22)29-27(31)26(18-23-13-7-3-8-14-23)28-19-24-15-9-4-10-16-24/h2-16,25-26,28H,17-20H2,1H3,(H,29,31). The molecule has 0 bridgehead atoms. The maximum absolute atomic E-state index is 13.3. The van der Waals surface area contributed by atoms with E-state index in [1.807, 2.05) is 91.0 Å². The van der Waals surface area contributed by atoms with Gasteiger partial charge in [0.15, 0.2) is 0 Å². The number of rotatable bonds is 11. The zero-order valence-electron chi connectivity index (χ0n) is 18.4. The summed E-state index contributed by atoms with van der Waals surface area (Å²) in [5.41, 5.74) is 3.26. The third-order valence-corrected chi connectivity index (χ3v) is 5.15. The second kappa shape index (κ2) is 12.4. The topological polar surface area (TPSA) is 67.4 Å². The van der Waals surface area contributed by atoms with Crippen molar-refractivity contribution in [2.24, 2.45) is 0 Å². The average Bonchev–Trinajstić information content (AvgIpc) is 2.82. The molecule has 0 fully saturated rings. The van der Waals surface area contributed by atoms with Crippen molar-refractivity contribution in [2.45, 2.75) is 38.4 Å². The molecule has 1 amide bonds. The summed E-state index contributed by atoms with van der Waals surface area (Å²) in [6.45, 7) is 2.09. The largest absolute Gasteiger partial charge is 0.464 e. The van der Waals surface area contributed by atoms with Crippen molar-refractivity contribution in [1.82, 2.24) is 10.6 Å². The minimum atomic E-state index is -0.423. The van der Waals surface area contributed by atoms with E-state index in [4.69, 9.17) is 4.74 Å². The number of amides is 1. The number of carbonyl (C=O) groups is 2. The maximum Gasteiger partial charge on any atom is 0.302 e. The zero-order valence-corrected chi connectivity index (χ0v) is 18.4. The first-order chi connectivity index (χ1) is 15.6. The molecule has 5 nitrogen and oxygen atoms in total. The van der Waals surface area contributed by atoms with Gasteiger partial charge in [0, 0.05) is 13.5 Å². The first-order valence-corrected chi connectivity index (χ1v) is 10.9. The van der Waals surface area contributed by atoms with Crippen molar-refractivity contribution in [2.75, 3.05) is 6.61 Å². The SMILES string of the molecule is CC(=O)OCC(Cc1ccccc1)NC(=O)C(Cc1ccccc1)NCc1ccccc1. The van der Waals surface area contributed by atoms with Gasteiger partial charge in [-0.1, -0.05) is 91.0 Å². The van der Waals surface area contributed by atoms with Crippen LogP contribution in [0.3, 0.4) is 0 Å². The van der Waals surface area contributed by atoms with Crippen LogP contribution in [-0.4, -0.2) is 30.6 Å². The van der Waals surface area contributed by atoms with Gasteiger partial charge in [0.05, 0.1) is 12.1 Å². The minimum absolute atomic E-state index is 0.113. The fourth-order valence-electron chi connectivity index (χ4n) is 3.51. The van der Waals surface area contributed by atoms with Gasteiger partial charge in [-0.3, -0.25) is 9.59 Å².